The number of benzene rings is 3. The molecule has 0 radical (unpaired) electrons. The molecule has 5 aliphatic carbocycles. The Kier molecular flexibility index (Phi) is 12.0. The molecule has 1 fully saturated rings. The predicted molar refractivity (Wildman–Crippen MR) is 280 cm³/mol. The molecule has 0 aliphatic heterocycles. The zero-order chi connectivity index (χ0) is 45.0. The Morgan fingerprint density at radius 3 is 1.62 bits per heavy atom. The van der Waals surface area contributed by atoms with Gasteiger partial charge in [-0.3, -0.25) is 0 Å². The van der Waals surface area contributed by atoms with Gasteiger partial charge in [-0.2, -0.15) is 0 Å². The van der Waals surface area contributed by atoms with Gasteiger partial charge in [-0.15, -0.1) is 24.8 Å². The van der Waals surface area contributed by atoms with Crippen LogP contribution in [0.2, 0.25) is 3.12 Å². The van der Waals surface area contributed by atoms with Crippen molar-refractivity contribution in [2.24, 2.45) is 38.9 Å². The molecule has 3 heteroatoms. The van der Waals surface area contributed by atoms with Gasteiger partial charge in [0.05, 0.1) is 0 Å². The van der Waals surface area contributed by atoms with Crippen LogP contribution in [0.4, 0.5) is 0 Å². The van der Waals surface area contributed by atoms with Gasteiger partial charge in [0.2, 0.25) is 0 Å². The van der Waals surface area contributed by atoms with E-state index in [-0.39, 0.29) is 71.8 Å². The van der Waals surface area contributed by atoms with Gasteiger partial charge in [-0.05, 0) is 0 Å². The second-order valence-corrected chi connectivity index (χ2v) is 39.5. The summed E-state index contributed by atoms with van der Waals surface area (Å²) in [4.78, 5) is 0. The third kappa shape index (κ3) is 6.15. The molecule has 0 saturated heterocycles. The van der Waals surface area contributed by atoms with Crippen LogP contribution in [-0.4, -0.2) is 4.21 Å². The Morgan fingerprint density at radius 2 is 1.14 bits per heavy atom. The first-order valence-corrected chi connectivity index (χ1v) is 30.5. The molecule has 4 unspecified atom stereocenters. The van der Waals surface area contributed by atoms with Crippen molar-refractivity contribution in [3.05, 3.63) is 145 Å². The van der Waals surface area contributed by atoms with Gasteiger partial charge in [0.1, 0.15) is 0 Å². The Morgan fingerprint density at radius 1 is 0.635 bits per heavy atom. The van der Waals surface area contributed by atoms with Crippen LogP contribution < -0.4 is 6.54 Å². The molecule has 8 rings (SSSR count). The number of allylic oxidation sites excluding steroid dienone is 10. The van der Waals surface area contributed by atoms with Crippen LogP contribution >= 0.6 is 24.8 Å². The Hall–Kier alpha value is -2.31. The van der Waals surface area contributed by atoms with E-state index in [0.29, 0.717) is 5.92 Å². The summed E-state index contributed by atoms with van der Waals surface area (Å²) >= 11 is -5.53. The van der Waals surface area contributed by atoms with E-state index < -0.39 is 18.3 Å². The van der Waals surface area contributed by atoms with Crippen LogP contribution in [0, 0.1) is 38.9 Å². The average molecular weight is 965 g/mol. The summed E-state index contributed by atoms with van der Waals surface area (Å²) < 4.78 is 10.7. The van der Waals surface area contributed by atoms with Gasteiger partial charge >= 0.3 is 376 Å². The molecule has 0 nitrogen and oxygen atoms in total. The summed E-state index contributed by atoms with van der Waals surface area (Å²) in [6.45, 7) is 45.7. The van der Waals surface area contributed by atoms with Crippen LogP contribution in [0.5, 0.6) is 0 Å². The maximum atomic E-state index is 6.41. The van der Waals surface area contributed by atoms with Crippen LogP contribution in [0.3, 0.4) is 0 Å². The van der Waals surface area contributed by atoms with Crippen LogP contribution in [0.25, 0.3) is 5.57 Å². The molecular weight excluding hydrogens is 883 g/mol. The first-order chi connectivity index (χ1) is 27.9. The third-order valence-electron chi connectivity index (χ3n) is 19.8. The molecule has 3 aromatic carbocycles. The van der Waals surface area contributed by atoms with E-state index >= 15 is 0 Å². The van der Waals surface area contributed by atoms with E-state index in [0.717, 1.165) is 12.8 Å². The van der Waals surface area contributed by atoms with Crippen molar-refractivity contribution < 1.29 is 18.3 Å². The fraction of sp³-hybridized carbons (Fsp3) is 0.517. The molecule has 5 aliphatic rings. The number of rotatable bonds is 4. The third-order valence-corrected chi connectivity index (χ3v) is 39.9. The minimum absolute atomic E-state index is 0. The van der Waals surface area contributed by atoms with Crippen molar-refractivity contribution in [3.63, 3.8) is 0 Å². The summed E-state index contributed by atoms with van der Waals surface area (Å²) in [6.07, 6.45) is 13.7. The molecule has 0 amide bonds. The van der Waals surface area contributed by atoms with Crippen molar-refractivity contribution in [1.29, 1.82) is 0 Å². The zero-order valence-corrected chi connectivity index (χ0v) is 46.6. The van der Waals surface area contributed by atoms with Crippen LogP contribution in [0.15, 0.2) is 123 Å². The van der Waals surface area contributed by atoms with Gasteiger partial charge in [0, 0.05) is 0 Å². The molecule has 4 atom stereocenters. The van der Waals surface area contributed by atoms with Crippen molar-refractivity contribution in [1.82, 2.24) is 0 Å². The first kappa shape index (κ1) is 50.1. The quantitative estimate of drug-likeness (QED) is 0.244. The van der Waals surface area contributed by atoms with Crippen molar-refractivity contribution >= 4 is 41.1 Å². The predicted octanol–water partition coefficient (Wildman–Crippen LogP) is 16.3. The summed E-state index contributed by atoms with van der Waals surface area (Å²) in [5.74, 6) is 0.649. The molecule has 0 bridgehead atoms. The van der Waals surface area contributed by atoms with Gasteiger partial charge in [0.25, 0.3) is 0 Å². The fourth-order valence-corrected chi connectivity index (χ4v) is 36.3. The molecule has 0 heterocycles. The topological polar surface area (TPSA) is 0 Å². The molecule has 1 saturated carbocycles. The molecule has 0 aromatic heterocycles. The Balaban J connectivity index is 0.00000330. The van der Waals surface area contributed by atoms with Gasteiger partial charge < -0.3 is 0 Å². The molecular formula is C60H82Cl2Zr. The summed E-state index contributed by atoms with van der Waals surface area (Å²) in [5.41, 5.74) is 13.3. The molecule has 63 heavy (non-hydrogen) atoms. The Bertz CT molecular complexity index is 2490. The second kappa shape index (κ2) is 15.1. The van der Waals surface area contributed by atoms with Crippen LogP contribution in [-0.2, 0) is 35.5 Å². The number of hydrogen-bond acceptors (Lipinski definition) is 0. The zero-order valence-electron chi connectivity index (χ0n) is 42.5. The van der Waals surface area contributed by atoms with Crippen molar-refractivity contribution in [3.8, 4) is 0 Å². The normalized spacial score (nSPS) is 27.3. The summed E-state index contributed by atoms with van der Waals surface area (Å²) in [7, 11) is 0. The SMILES string of the molecule is Cl.Cl.[CH2]=[Zr]([C]1=CC(C(C)(C)C)=CC1C)([c]1ccc(C(C)(C)C)cc1)([c]1ccc(C(C)(C)C)cc1)[C]1(C)C2=C3Cc4ccccc4C3=C3C=CCCC3C2(C)C(C)(C)C(C)(C)C1(C)C. The number of fused-ring (bicyclic) bond motifs is 6. The van der Waals surface area contributed by atoms with E-state index in [1.165, 1.54) is 40.8 Å². The van der Waals surface area contributed by atoms with Crippen LogP contribution in [0.1, 0.15) is 160 Å². The standard InChI is InChI=1S/C29H37.C10H15.2C10H13.CH2.2ClH.Zr/c1-18-25-22-17-19-13-9-10-14-20(19)24(22)21-15-11-12-16-23(21)29(25,8)28(6,7)27(4,5)26(18,2)3;1-8-5-6-9(7-8)10(2,3)4;2*1-10(2,3)9-7-5-4-6-8-9;;;;/h9-11,13-15,23H,12,16-17H2,1-8H3;6-8H,1-4H3;2*5-8H,1-3H3;1H2;2*1H;. The van der Waals surface area contributed by atoms with Crippen molar-refractivity contribution in [2.45, 2.75) is 158 Å². The molecule has 3 aromatic rings. The van der Waals surface area contributed by atoms with E-state index in [1.54, 1.807) is 25.6 Å². The summed E-state index contributed by atoms with van der Waals surface area (Å²) in [5, 5.41) is 0. The van der Waals surface area contributed by atoms with Gasteiger partial charge in [-0.1, -0.05) is 0 Å². The molecule has 0 spiro atoms. The van der Waals surface area contributed by atoms with Crippen molar-refractivity contribution in [2.75, 3.05) is 0 Å². The second-order valence-electron chi connectivity index (χ2n) is 25.6. The molecule has 340 valence electrons. The minimum atomic E-state index is -5.53. The average Bonchev–Trinajstić information content (AvgIpc) is 3.78. The number of hydrogen-bond donors (Lipinski definition) is 0. The Labute approximate surface area is 398 Å². The van der Waals surface area contributed by atoms with Gasteiger partial charge in [-0.25, -0.2) is 0 Å². The van der Waals surface area contributed by atoms with E-state index in [4.69, 9.17) is 4.21 Å². The van der Waals surface area contributed by atoms with E-state index in [2.05, 4.69) is 222 Å². The fourth-order valence-electron chi connectivity index (χ4n) is 14.8. The van der Waals surface area contributed by atoms with Gasteiger partial charge in [0.15, 0.2) is 0 Å². The number of halogens is 2. The molecule has 0 N–H and O–H groups in total. The first-order valence-electron chi connectivity index (χ1n) is 23.9. The van der Waals surface area contributed by atoms with E-state index in [1.807, 2.05) is 0 Å². The maximum absolute atomic E-state index is 6.41. The monoisotopic (exact) mass is 962 g/mol. The van der Waals surface area contributed by atoms with E-state index in [9.17, 15) is 0 Å². The summed E-state index contributed by atoms with van der Waals surface area (Å²) in [6, 6.07) is 29.9.